The molecule has 0 aromatic heterocycles. The fourth-order valence-electron chi connectivity index (χ4n) is 8.19. The summed E-state index contributed by atoms with van der Waals surface area (Å²) in [6.07, 6.45) is 19.8. The highest BCUT2D eigenvalue weighted by Crippen LogP contribution is 2.59. The Morgan fingerprint density at radius 3 is 2.20 bits per heavy atom. The molecule has 4 heteroatoms. The lowest BCUT2D eigenvalue weighted by atomic mass is 9.61. The van der Waals surface area contributed by atoms with Gasteiger partial charge in [0.1, 0.15) is 0 Å². The van der Waals surface area contributed by atoms with Gasteiger partial charge < -0.3 is 9.22 Å². The van der Waals surface area contributed by atoms with Crippen LogP contribution in [0.1, 0.15) is 121 Å². The minimum Gasteiger partial charge on any atom is -0.432 e. The quantitative estimate of drug-likeness (QED) is 0.190. The largest absolute Gasteiger partial charge is 0.432 e. The van der Waals surface area contributed by atoms with Crippen molar-refractivity contribution < 1.29 is 9.22 Å². The van der Waals surface area contributed by atoms with Crippen molar-refractivity contribution in [2.45, 2.75) is 163 Å². The molecule has 0 spiro atoms. The van der Waals surface area contributed by atoms with E-state index in [9.17, 15) is 4.80 Å². The van der Waals surface area contributed by atoms with Crippen LogP contribution in [0.5, 0.6) is 0 Å². The van der Waals surface area contributed by atoms with Crippen LogP contribution in [0.4, 0.5) is 0 Å². The van der Waals surface area contributed by atoms with Gasteiger partial charge in [0.2, 0.25) is 0 Å². The molecular formula is C40H72O2Si2. The summed E-state index contributed by atoms with van der Waals surface area (Å²) in [6.45, 7) is 37.4. The summed E-state index contributed by atoms with van der Waals surface area (Å²) in [6, 6.07) is 0. The number of rotatable bonds is 10. The molecule has 1 unspecified atom stereocenters. The zero-order valence-electron chi connectivity index (χ0n) is 31.6. The van der Waals surface area contributed by atoms with Crippen molar-refractivity contribution in [1.29, 1.82) is 0 Å². The summed E-state index contributed by atoms with van der Waals surface area (Å²) < 4.78 is 7.11. The van der Waals surface area contributed by atoms with E-state index >= 15 is 0 Å². The fraction of sp³-hybridized carbons (Fsp3) is 0.800. The summed E-state index contributed by atoms with van der Waals surface area (Å²) in [4.78, 5) is 11.2. The van der Waals surface area contributed by atoms with Gasteiger partial charge in [0.15, 0.2) is 16.6 Å². The molecule has 0 radical (unpaired) electrons. The molecule has 0 aromatic carbocycles. The van der Waals surface area contributed by atoms with Gasteiger partial charge in [-0.1, -0.05) is 106 Å². The molecule has 252 valence electrons. The molecule has 3 aliphatic rings. The van der Waals surface area contributed by atoms with E-state index in [0.29, 0.717) is 35.0 Å². The molecule has 0 aromatic rings. The van der Waals surface area contributed by atoms with Gasteiger partial charge in [-0.2, -0.15) is 0 Å². The molecule has 0 heterocycles. The Morgan fingerprint density at radius 2 is 1.64 bits per heavy atom. The maximum atomic E-state index is 11.2. The molecule has 0 bridgehead atoms. The first kappa shape index (κ1) is 37.8. The maximum absolute atomic E-state index is 11.2. The summed E-state index contributed by atoms with van der Waals surface area (Å²) in [5.74, 6) is 3.95. The Labute approximate surface area is 276 Å². The van der Waals surface area contributed by atoms with E-state index in [0.717, 1.165) is 25.2 Å². The highest BCUT2D eigenvalue weighted by atomic mass is 28.4. The molecule has 44 heavy (non-hydrogen) atoms. The minimum atomic E-state index is -2.30. The fourth-order valence-corrected chi connectivity index (χ4v) is 10.3. The van der Waals surface area contributed by atoms with Crippen LogP contribution in [0.3, 0.4) is 0 Å². The normalized spacial score (nSPS) is 32.6. The predicted molar refractivity (Wildman–Crippen MR) is 199 cm³/mol. The first-order chi connectivity index (χ1) is 20.0. The topological polar surface area (TPSA) is 29.5 Å². The third-order valence-corrected chi connectivity index (χ3v) is 21.5. The van der Waals surface area contributed by atoms with Crippen molar-refractivity contribution >= 4 is 16.6 Å². The van der Waals surface area contributed by atoms with Gasteiger partial charge in [-0.05, 0) is 140 Å². The van der Waals surface area contributed by atoms with Crippen LogP contribution in [0.25, 0.3) is 0 Å². The van der Waals surface area contributed by atoms with E-state index in [2.05, 4.69) is 120 Å². The number of allylic oxidation sites excluding steroid dienone is 5. The molecule has 1 N–H and O–H groups in total. The van der Waals surface area contributed by atoms with E-state index in [-0.39, 0.29) is 16.2 Å². The molecule has 2 nitrogen and oxygen atoms in total. The third-order valence-electron chi connectivity index (χ3n) is 13.5. The second-order valence-electron chi connectivity index (χ2n) is 18.7. The van der Waals surface area contributed by atoms with Crippen LogP contribution in [-0.2, 0) is 4.43 Å². The summed E-state index contributed by atoms with van der Waals surface area (Å²) >= 11 is 0. The Bertz CT molecular complexity index is 1100. The van der Waals surface area contributed by atoms with Crippen LogP contribution < -0.4 is 0 Å². The summed E-state index contributed by atoms with van der Waals surface area (Å²) in [5, 5.41) is 0.125. The monoisotopic (exact) mass is 641 g/mol. The molecule has 3 fully saturated rings. The molecule has 7 atom stereocenters. The first-order valence-electron chi connectivity index (χ1n) is 18.2. The molecule has 0 amide bonds. The highest BCUT2D eigenvalue weighted by molar-refractivity contribution is 6.74. The predicted octanol–water partition coefficient (Wildman–Crippen LogP) is 12.3. The maximum Gasteiger partial charge on any atom is 0.192 e. The standard InChI is InChI=1S/C40H72O2Si2/c1-28(2)29(3)18-19-30(4)35-22-23-36-33(17-16-24-40(35,36)11)20-21-34-25-32(27-39(9,10)43(12,13)41)26-37(31(34)5)42-44(14,15)38(6,7)8/h18-21,28-30,32,35-37,41H,5,16-17,22-27H2,1-4,6-15H3/b19-18+,33-20+,34-21+/t29-,30+,32+,35+,36?,37-,40+/m0/s1. The second-order valence-corrected chi connectivity index (χ2v) is 27.9. The van der Waals surface area contributed by atoms with E-state index in [1.54, 1.807) is 5.57 Å². The van der Waals surface area contributed by atoms with Crippen molar-refractivity contribution in [2.75, 3.05) is 0 Å². The van der Waals surface area contributed by atoms with Crippen LogP contribution in [0, 0.1) is 40.9 Å². The Balaban J connectivity index is 1.90. The summed E-state index contributed by atoms with van der Waals surface area (Å²) in [7, 11) is -4.26. The van der Waals surface area contributed by atoms with Crippen LogP contribution in [0.15, 0.2) is 47.6 Å². The SMILES string of the molecule is C=C1/C(=C/C=C2\CCC[C@@]3(C)C2CC[C@@H]3[C@H](C)/C=C/[C@H](C)C(C)C)C[C@@H](CC(C)(C)[Si](C)(C)O)C[C@@H]1O[Si](C)(C)C(C)(C)C. The van der Waals surface area contributed by atoms with Gasteiger partial charge in [-0.25, -0.2) is 0 Å². The molecule has 0 saturated heterocycles. The average molecular weight is 641 g/mol. The Hall–Kier alpha value is -0.686. The van der Waals surface area contributed by atoms with Crippen LogP contribution >= 0.6 is 0 Å². The molecule has 3 aliphatic carbocycles. The van der Waals surface area contributed by atoms with Crippen LogP contribution in [0.2, 0.25) is 36.3 Å². The lowest BCUT2D eigenvalue weighted by Crippen LogP contribution is -2.46. The minimum absolute atomic E-state index is 0.0381. The third kappa shape index (κ3) is 8.42. The number of fused-ring (bicyclic) bond motifs is 1. The van der Waals surface area contributed by atoms with E-state index in [1.807, 2.05) is 0 Å². The van der Waals surface area contributed by atoms with Gasteiger partial charge in [0.05, 0.1) is 6.10 Å². The highest BCUT2D eigenvalue weighted by Gasteiger charge is 2.50. The van der Waals surface area contributed by atoms with Crippen molar-refractivity contribution in [3.63, 3.8) is 0 Å². The van der Waals surface area contributed by atoms with Crippen molar-refractivity contribution in [2.24, 2.45) is 40.9 Å². The lowest BCUT2D eigenvalue weighted by molar-refractivity contribution is 0.112. The van der Waals surface area contributed by atoms with Crippen molar-refractivity contribution in [3.05, 3.63) is 47.6 Å². The van der Waals surface area contributed by atoms with Gasteiger partial charge in [0.25, 0.3) is 0 Å². The van der Waals surface area contributed by atoms with E-state index in [4.69, 9.17) is 11.0 Å². The van der Waals surface area contributed by atoms with Gasteiger partial charge in [-0.15, -0.1) is 0 Å². The smallest absolute Gasteiger partial charge is 0.192 e. The Kier molecular flexibility index (Phi) is 11.9. The molecule has 3 saturated carbocycles. The summed E-state index contributed by atoms with van der Waals surface area (Å²) in [5.41, 5.74) is 4.68. The second kappa shape index (κ2) is 13.8. The molecule has 0 aliphatic heterocycles. The van der Waals surface area contributed by atoms with E-state index < -0.39 is 16.6 Å². The van der Waals surface area contributed by atoms with Crippen molar-refractivity contribution in [3.8, 4) is 0 Å². The van der Waals surface area contributed by atoms with Gasteiger partial charge in [-0.3, -0.25) is 0 Å². The lowest BCUT2D eigenvalue weighted by Gasteiger charge is -2.45. The first-order valence-corrected chi connectivity index (χ1v) is 24.0. The van der Waals surface area contributed by atoms with E-state index in [1.165, 1.54) is 43.3 Å². The van der Waals surface area contributed by atoms with Gasteiger partial charge in [0, 0.05) is 0 Å². The van der Waals surface area contributed by atoms with Crippen molar-refractivity contribution in [1.82, 2.24) is 0 Å². The zero-order valence-corrected chi connectivity index (χ0v) is 33.6. The number of hydrogen-bond donors (Lipinski definition) is 1. The van der Waals surface area contributed by atoms with Gasteiger partial charge >= 0.3 is 0 Å². The molecular weight excluding hydrogens is 569 g/mol. The Morgan fingerprint density at radius 1 is 1.00 bits per heavy atom. The average Bonchev–Trinajstić information content (AvgIpc) is 3.23. The van der Waals surface area contributed by atoms with Crippen LogP contribution in [-0.4, -0.2) is 27.5 Å². The number of hydrogen-bond acceptors (Lipinski definition) is 2. The molecule has 3 rings (SSSR count). The zero-order chi connectivity index (χ0) is 33.5.